The summed E-state index contributed by atoms with van der Waals surface area (Å²) in [5.74, 6) is 1.36. The van der Waals surface area contributed by atoms with E-state index in [1.165, 1.54) is 89.6 Å². The molecule has 1 fully saturated rings. The molecule has 1 rings (SSSR count). The van der Waals surface area contributed by atoms with Crippen molar-refractivity contribution in [1.29, 1.82) is 0 Å². The van der Waals surface area contributed by atoms with E-state index in [1.807, 2.05) is 0 Å². The first-order chi connectivity index (χ1) is 9.36. The molecular weight excluding hydrogens is 250 g/mol. The summed E-state index contributed by atoms with van der Waals surface area (Å²) >= 11 is 2.26. The number of rotatable bonds is 11. The van der Waals surface area contributed by atoms with Gasteiger partial charge >= 0.3 is 0 Å². The van der Waals surface area contributed by atoms with Crippen LogP contribution >= 0.6 is 11.8 Å². The van der Waals surface area contributed by atoms with Crippen molar-refractivity contribution in [3.05, 3.63) is 0 Å². The second-order valence-electron chi connectivity index (χ2n) is 6.03. The first kappa shape index (κ1) is 17.4. The molecule has 1 atom stereocenters. The molecule has 19 heavy (non-hydrogen) atoms. The van der Waals surface area contributed by atoms with Crippen molar-refractivity contribution in [1.82, 2.24) is 4.90 Å². The average molecular weight is 286 g/mol. The van der Waals surface area contributed by atoms with Gasteiger partial charge in [-0.05, 0) is 38.8 Å². The van der Waals surface area contributed by atoms with Crippen LogP contribution in [0.5, 0.6) is 0 Å². The fourth-order valence-electron chi connectivity index (χ4n) is 2.90. The van der Waals surface area contributed by atoms with Crippen molar-refractivity contribution in [2.45, 2.75) is 83.3 Å². The lowest BCUT2D eigenvalue weighted by atomic mass is 10.1. The number of unbranched alkanes of at least 4 members (excludes halogenated alkanes) is 3. The number of nitrogens with zero attached hydrogens (tertiary/aromatic N) is 1. The maximum atomic E-state index is 2.68. The van der Waals surface area contributed by atoms with Gasteiger partial charge in [0.15, 0.2) is 0 Å². The molecule has 1 heterocycles. The fraction of sp³-hybridized carbons (Fsp3) is 1.00. The maximum Gasteiger partial charge on any atom is 0.00724 e. The van der Waals surface area contributed by atoms with E-state index in [9.17, 15) is 0 Å². The van der Waals surface area contributed by atoms with E-state index in [2.05, 4.69) is 30.5 Å². The summed E-state index contributed by atoms with van der Waals surface area (Å²) in [5, 5.41) is 0.941. The second kappa shape index (κ2) is 12.1. The molecule has 0 bridgehead atoms. The Kier molecular flexibility index (Phi) is 11.0. The third-order valence-electron chi connectivity index (χ3n) is 4.22. The Labute approximate surface area is 125 Å². The van der Waals surface area contributed by atoms with Crippen molar-refractivity contribution in [3.8, 4) is 0 Å². The molecule has 0 aromatic heterocycles. The lowest BCUT2D eigenvalue weighted by molar-refractivity contribution is 0.242. The van der Waals surface area contributed by atoms with Crippen molar-refractivity contribution < 1.29 is 0 Å². The van der Waals surface area contributed by atoms with Crippen LogP contribution in [0, 0.1) is 0 Å². The number of piperidine rings is 1. The highest BCUT2D eigenvalue weighted by Gasteiger charge is 2.12. The molecule has 1 aliphatic heterocycles. The molecule has 0 radical (unpaired) electrons. The molecular formula is C17H35NS. The third-order valence-corrected chi connectivity index (χ3v) is 5.58. The molecule has 0 aliphatic carbocycles. The maximum absolute atomic E-state index is 2.68. The van der Waals surface area contributed by atoms with E-state index in [1.54, 1.807) is 0 Å². The van der Waals surface area contributed by atoms with E-state index >= 15 is 0 Å². The Morgan fingerprint density at radius 2 is 1.58 bits per heavy atom. The van der Waals surface area contributed by atoms with Crippen molar-refractivity contribution in [2.24, 2.45) is 0 Å². The monoisotopic (exact) mass is 285 g/mol. The average Bonchev–Trinajstić information content (AvgIpc) is 2.45. The molecule has 0 amide bonds. The highest BCUT2D eigenvalue weighted by Crippen LogP contribution is 2.23. The summed E-state index contributed by atoms with van der Waals surface area (Å²) in [6, 6.07) is 0. The standard InChI is InChI=1S/C17H35NS/c1-3-5-8-12-17(11-6-4-2)19-16-15-18-13-9-7-10-14-18/h17H,3-16H2,1-2H3. The molecule has 0 saturated carbocycles. The van der Waals surface area contributed by atoms with Crippen molar-refractivity contribution in [3.63, 3.8) is 0 Å². The zero-order chi connectivity index (χ0) is 13.8. The summed E-state index contributed by atoms with van der Waals surface area (Å²) in [7, 11) is 0. The summed E-state index contributed by atoms with van der Waals surface area (Å²) in [5.41, 5.74) is 0. The number of hydrogen-bond acceptors (Lipinski definition) is 2. The first-order valence-corrected chi connectivity index (χ1v) is 9.75. The van der Waals surface area contributed by atoms with Crippen LogP contribution in [0.2, 0.25) is 0 Å². The van der Waals surface area contributed by atoms with E-state index in [4.69, 9.17) is 0 Å². The van der Waals surface area contributed by atoms with Gasteiger partial charge in [0.1, 0.15) is 0 Å². The van der Waals surface area contributed by atoms with Gasteiger partial charge < -0.3 is 4.90 Å². The van der Waals surface area contributed by atoms with Crippen molar-refractivity contribution in [2.75, 3.05) is 25.4 Å². The summed E-state index contributed by atoms with van der Waals surface area (Å²) in [4.78, 5) is 2.68. The van der Waals surface area contributed by atoms with Crippen LogP contribution in [0.15, 0.2) is 0 Å². The van der Waals surface area contributed by atoms with Crippen LogP contribution in [-0.4, -0.2) is 35.5 Å². The van der Waals surface area contributed by atoms with Gasteiger partial charge in [0.05, 0.1) is 0 Å². The minimum atomic E-state index is 0.941. The second-order valence-corrected chi connectivity index (χ2v) is 7.44. The Hall–Kier alpha value is 0.310. The van der Waals surface area contributed by atoms with Gasteiger partial charge in [-0.15, -0.1) is 0 Å². The summed E-state index contributed by atoms with van der Waals surface area (Å²) in [6.07, 6.45) is 14.2. The summed E-state index contributed by atoms with van der Waals surface area (Å²) < 4.78 is 0. The molecule has 0 aromatic carbocycles. The molecule has 114 valence electrons. The molecule has 1 nitrogen and oxygen atoms in total. The van der Waals surface area contributed by atoms with Crippen LogP contribution in [0.1, 0.15) is 78.1 Å². The SMILES string of the molecule is CCCCCC(CCCC)SCCN1CCCCC1. The van der Waals surface area contributed by atoms with Gasteiger partial charge in [0, 0.05) is 17.5 Å². The molecule has 0 N–H and O–H groups in total. The van der Waals surface area contributed by atoms with Gasteiger partial charge in [-0.1, -0.05) is 52.4 Å². The topological polar surface area (TPSA) is 3.24 Å². The Morgan fingerprint density at radius 1 is 0.895 bits per heavy atom. The van der Waals surface area contributed by atoms with Gasteiger partial charge in [-0.3, -0.25) is 0 Å². The van der Waals surface area contributed by atoms with E-state index in [0.717, 1.165) is 5.25 Å². The lowest BCUT2D eigenvalue weighted by Crippen LogP contribution is -2.31. The Bertz CT molecular complexity index is 190. The largest absolute Gasteiger partial charge is 0.303 e. The Balaban J connectivity index is 2.11. The van der Waals surface area contributed by atoms with Gasteiger partial charge in [-0.2, -0.15) is 11.8 Å². The number of likely N-dealkylation sites (tertiary alicyclic amines) is 1. The van der Waals surface area contributed by atoms with Crippen LogP contribution in [0.3, 0.4) is 0 Å². The minimum Gasteiger partial charge on any atom is -0.303 e. The zero-order valence-corrected chi connectivity index (χ0v) is 14.1. The molecule has 2 heteroatoms. The number of thioether (sulfide) groups is 1. The minimum absolute atomic E-state index is 0.941. The van der Waals surface area contributed by atoms with Gasteiger partial charge in [-0.25, -0.2) is 0 Å². The number of hydrogen-bond donors (Lipinski definition) is 0. The lowest BCUT2D eigenvalue weighted by Gasteiger charge is -2.27. The molecule has 0 spiro atoms. The molecule has 1 aliphatic rings. The van der Waals surface area contributed by atoms with Crippen molar-refractivity contribution >= 4 is 11.8 Å². The summed E-state index contributed by atoms with van der Waals surface area (Å²) in [6.45, 7) is 8.68. The van der Waals surface area contributed by atoms with E-state index in [0.29, 0.717) is 0 Å². The smallest absolute Gasteiger partial charge is 0.00724 e. The van der Waals surface area contributed by atoms with E-state index < -0.39 is 0 Å². The van der Waals surface area contributed by atoms with Crippen LogP contribution in [0.25, 0.3) is 0 Å². The van der Waals surface area contributed by atoms with Crippen LogP contribution in [-0.2, 0) is 0 Å². The van der Waals surface area contributed by atoms with Crippen LogP contribution < -0.4 is 0 Å². The van der Waals surface area contributed by atoms with E-state index in [-0.39, 0.29) is 0 Å². The third kappa shape index (κ3) is 8.96. The predicted octanol–water partition coefficient (Wildman–Crippen LogP) is 5.34. The quantitative estimate of drug-likeness (QED) is 0.471. The molecule has 0 aromatic rings. The van der Waals surface area contributed by atoms with Gasteiger partial charge in [0.25, 0.3) is 0 Å². The Morgan fingerprint density at radius 3 is 2.26 bits per heavy atom. The predicted molar refractivity (Wildman–Crippen MR) is 90.2 cm³/mol. The molecule has 1 unspecified atom stereocenters. The normalized spacial score (nSPS) is 18.6. The fourth-order valence-corrected chi connectivity index (χ4v) is 4.26. The highest BCUT2D eigenvalue weighted by atomic mass is 32.2. The zero-order valence-electron chi connectivity index (χ0n) is 13.3. The highest BCUT2D eigenvalue weighted by molar-refractivity contribution is 7.99. The van der Waals surface area contributed by atoms with Gasteiger partial charge in [0.2, 0.25) is 0 Å². The van der Waals surface area contributed by atoms with Crippen LogP contribution in [0.4, 0.5) is 0 Å². The molecule has 1 saturated heterocycles. The first-order valence-electron chi connectivity index (χ1n) is 8.70.